The van der Waals surface area contributed by atoms with Crippen molar-refractivity contribution in [1.82, 2.24) is 19.9 Å². The van der Waals surface area contributed by atoms with Crippen LogP contribution in [-0.4, -0.2) is 19.9 Å². The number of hydrogen-bond donors (Lipinski definition) is 2. The number of aryl methyl sites for hydroxylation is 4. The second kappa shape index (κ2) is 5.30. The molecule has 0 atom stereocenters. The molecule has 19 heavy (non-hydrogen) atoms. The molecule has 0 fully saturated rings. The normalized spacial score (nSPS) is 10.7. The molecule has 0 unspecified atom stereocenters. The van der Waals surface area contributed by atoms with Crippen LogP contribution in [0.2, 0.25) is 0 Å². The molecule has 0 radical (unpaired) electrons. The van der Waals surface area contributed by atoms with Gasteiger partial charge in [0.25, 0.3) is 0 Å². The molecule has 0 bridgehead atoms. The molecule has 0 saturated carbocycles. The Morgan fingerprint density at radius 2 is 1.16 bits per heavy atom. The van der Waals surface area contributed by atoms with Crippen LogP contribution in [0.1, 0.15) is 33.9 Å². The summed E-state index contributed by atoms with van der Waals surface area (Å²) in [5.74, 6) is 0. The Labute approximate surface area is 122 Å². The maximum atomic E-state index is 5.08. The molecule has 0 aromatic carbocycles. The van der Waals surface area contributed by atoms with Crippen LogP contribution < -0.4 is 0 Å². The van der Waals surface area contributed by atoms with Gasteiger partial charge in [-0.3, -0.25) is 0 Å². The first-order valence-electron chi connectivity index (χ1n) is 6.01. The molecule has 0 aliphatic carbocycles. The Morgan fingerprint density at radius 1 is 0.789 bits per heavy atom. The fourth-order valence-electron chi connectivity index (χ4n) is 2.21. The van der Waals surface area contributed by atoms with Gasteiger partial charge in [0.15, 0.2) is 9.54 Å². The van der Waals surface area contributed by atoms with E-state index in [1.807, 2.05) is 27.7 Å². The molecular weight excluding hydrogens is 276 g/mol. The fourth-order valence-corrected chi connectivity index (χ4v) is 2.79. The standard InChI is InChI=1S/C13H16N4S2/c1-6-10(7(2)15-12(18)14-6)5-11-8(3)16-13(19)17-9(11)4/h5H2,1-4H3,(H,14,15,18)(H,16,17,19). The highest BCUT2D eigenvalue weighted by Gasteiger charge is 2.11. The number of aromatic amines is 2. The van der Waals surface area contributed by atoms with E-state index in [1.165, 1.54) is 0 Å². The first kappa shape index (κ1) is 14.0. The monoisotopic (exact) mass is 292 g/mol. The number of aromatic nitrogens is 4. The minimum Gasteiger partial charge on any atom is -0.334 e. The Morgan fingerprint density at radius 3 is 1.47 bits per heavy atom. The largest absolute Gasteiger partial charge is 0.334 e. The SMILES string of the molecule is Cc1nc(=S)[nH]c(C)c1Cc1c(C)nc(=S)[nH]c1C. The van der Waals surface area contributed by atoms with Crippen LogP contribution in [0.3, 0.4) is 0 Å². The van der Waals surface area contributed by atoms with E-state index in [9.17, 15) is 0 Å². The summed E-state index contributed by atoms with van der Waals surface area (Å²) in [6.45, 7) is 8.00. The van der Waals surface area contributed by atoms with Gasteiger partial charge in [-0.05, 0) is 63.3 Å². The summed E-state index contributed by atoms with van der Waals surface area (Å²) in [7, 11) is 0. The second-order valence-electron chi connectivity index (χ2n) is 4.64. The quantitative estimate of drug-likeness (QED) is 0.833. The molecule has 2 rings (SSSR count). The zero-order valence-electron chi connectivity index (χ0n) is 11.4. The van der Waals surface area contributed by atoms with E-state index in [1.54, 1.807) is 0 Å². The van der Waals surface area contributed by atoms with Crippen molar-refractivity contribution in [1.29, 1.82) is 0 Å². The molecule has 2 heterocycles. The van der Waals surface area contributed by atoms with E-state index in [0.29, 0.717) is 9.54 Å². The third-order valence-corrected chi connectivity index (χ3v) is 3.65. The Bertz CT molecular complexity index is 627. The Hall–Kier alpha value is -1.40. The summed E-state index contributed by atoms with van der Waals surface area (Å²) in [6.07, 6.45) is 0.771. The highest BCUT2D eigenvalue weighted by atomic mass is 32.1. The maximum absolute atomic E-state index is 5.08. The molecule has 0 spiro atoms. The highest BCUT2D eigenvalue weighted by molar-refractivity contribution is 7.71. The third-order valence-electron chi connectivity index (χ3n) is 3.26. The smallest absolute Gasteiger partial charge is 0.197 e. The molecule has 6 heteroatoms. The van der Waals surface area contributed by atoms with Gasteiger partial charge >= 0.3 is 0 Å². The summed E-state index contributed by atoms with van der Waals surface area (Å²) in [5.41, 5.74) is 6.35. The molecule has 2 N–H and O–H groups in total. The topological polar surface area (TPSA) is 57.4 Å². The van der Waals surface area contributed by atoms with Crippen LogP contribution in [0.5, 0.6) is 0 Å². The van der Waals surface area contributed by atoms with Gasteiger partial charge in [0.1, 0.15) is 0 Å². The van der Waals surface area contributed by atoms with Gasteiger partial charge in [0.2, 0.25) is 0 Å². The van der Waals surface area contributed by atoms with Gasteiger partial charge in [0.05, 0.1) is 0 Å². The van der Waals surface area contributed by atoms with Crippen LogP contribution in [0.4, 0.5) is 0 Å². The second-order valence-corrected chi connectivity index (χ2v) is 5.41. The van der Waals surface area contributed by atoms with E-state index < -0.39 is 0 Å². The number of nitrogens with one attached hydrogen (secondary N) is 2. The molecule has 2 aromatic rings. The minimum absolute atomic E-state index is 0.526. The average Bonchev–Trinajstić information content (AvgIpc) is 2.25. The molecule has 0 aliphatic rings. The summed E-state index contributed by atoms with van der Waals surface area (Å²) in [4.78, 5) is 14.8. The Kier molecular flexibility index (Phi) is 3.91. The van der Waals surface area contributed by atoms with Crippen LogP contribution in [0, 0.1) is 37.2 Å². The van der Waals surface area contributed by atoms with E-state index >= 15 is 0 Å². The summed E-state index contributed by atoms with van der Waals surface area (Å²) >= 11 is 10.2. The summed E-state index contributed by atoms with van der Waals surface area (Å²) in [6, 6.07) is 0. The van der Waals surface area contributed by atoms with Crippen molar-refractivity contribution in [2.75, 3.05) is 0 Å². The molecule has 0 amide bonds. The first-order chi connectivity index (χ1) is 8.88. The van der Waals surface area contributed by atoms with Gasteiger partial charge in [-0.2, -0.15) is 0 Å². The molecule has 0 aliphatic heterocycles. The lowest BCUT2D eigenvalue weighted by Crippen LogP contribution is -2.06. The number of hydrogen-bond acceptors (Lipinski definition) is 4. The van der Waals surface area contributed by atoms with Gasteiger partial charge < -0.3 is 9.97 Å². The number of H-pyrrole nitrogens is 2. The first-order valence-corrected chi connectivity index (χ1v) is 6.83. The zero-order valence-corrected chi connectivity index (χ0v) is 13.1. The molecule has 4 nitrogen and oxygen atoms in total. The van der Waals surface area contributed by atoms with Gasteiger partial charge in [0, 0.05) is 29.2 Å². The van der Waals surface area contributed by atoms with Crippen LogP contribution in [0.15, 0.2) is 0 Å². The third kappa shape index (κ3) is 2.96. The van der Waals surface area contributed by atoms with E-state index in [-0.39, 0.29) is 0 Å². The van der Waals surface area contributed by atoms with Crippen molar-refractivity contribution < 1.29 is 0 Å². The molecule has 2 aromatic heterocycles. The van der Waals surface area contributed by atoms with Crippen molar-refractivity contribution >= 4 is 24.4 Å². The number of rotatable bonds is 2. The fraction of sp³-hybridized carbons (Fsp3) is 0.385. The van der Waals surface area contributed by atoms with Crippen LogP contribution in [0.25, 0.3) is 0 Å². The maximum Gasteiger partial charge on any atom is 0.197 e. The van der Waals surface area contributed by atoms with Crippen molar-refractivity contribution in [2.45, 2.75) is 34.1 Å². The van der Waals surface area contributed by atoms with Gasteiger partial charge in [-0.25, -0.2) is 9.97 Å². The van der Waals surface area contributed by atoms with Crippen molar-refractivity contribution in [3.05, 3.63) is 43.4 Å². The Balaban J connectivity index is 2.54. The molecule has 0 saturated heterocycles. The molecular formula is C13H16N4S2. The van der Waals surface area contributed by atoms with E-state index in [0.717, 1.165) is 40.3 Å². The van der Waals surface area contributed by atoms with Crippen LogP contribution in [-0.2, 0) is 6.42 Å². The highest BCUT2D eigenvalue weighted by Crippen LogP contribution is 2.18. The van der Waals surface area contributed by atoms with Crippen molar-refractivity contribution in [3.8, 4) is 0 Å². The lowest BCUT2D eigenvalue weighted by molar-refractivity contribution is 0.912. The van der Waals surface area contributed by atoms with Crippen molar-refractivity contribution in [2.24, 2.45) is 0 Å². The average molecular weight is 292 g/mol. The minimum atomic E-state index is 0.526. The van der Waals surface area contributed by atoms with Gasteiger partial charge in [-0.1, -0.05) is 0 Å². The van der Waals surface area contributed by atoms with E-state index in [4.69, 9.17) is 24.4 Å². The molecule has 100 valence electrons. The summed E-state index contributed by atoms with van der Waals surface area (Å²) < 4.78 is 1.05. The lowest BCUT2D eigenvalue weighted by Gasteiger charge is -2.12. The van der Waals surface area contributed by atoms with E-state index in [2.05, 4.69) is 19.9 Å². The van der Waals surface area contributed by atoms with Crippen molar-refractivity contribution in [3.63, 3.8) is 0 Å². The van der Waals surface area contributed by atoms with Crippen LogP contribution >= 0.6 is 24.4 Å². The number of nitrogens with zero attached hydrogens (tertiary/aromatic N) is 2. The lowest BCUT2D eigenvalue weighted by atomic mass is 10.0. The zero-order chi connectivity index (χ0) is 14.2. The predicted molar refractivity (Wildman–Crippen MR) is 80.6 cm³/mol. The van der Waals surface area contributed by atoms with Gasteiger partial charge in [-0.15, -0.1) is 0 Å². The predicted octanol–water partition coefficient (Wildman–Crippen LogP) is 3.42. The summed E-state index contributed by atoms with van der Waals surface area (Å²) in [5, 5.41) is 0.